The van der Waals surface area contributed by atoms with Gasteiger partial charge in [-0.2, -0.15) is 0 Å². The van der Waals surface area contributed by atoms with E-state index in [9.17, 15) is 0 Å². The second kappa shape index (κ2) is 7.58. The van der Waals surface area contributed by atoms with Crippen LogP contribution in [0.2, 0.25) is 0 Å². The van der Waals surface area contributed by atoms with E-state index in [4.69, 9.17) is 10.7 Å². The van der Waals surface area contributed by atoms with Crippen LogP contribution in [0.4, 0.5) is 5.82 Å². The van der Waals surface area contributed by atoms with Crippen molar-refractivity contribution in [2.45, 2.75) is 25.4 Å². The van der Waals surface area contributed by atoms with Crippen molar-refractivity contribution < 1.29 is 0 Å². The molecule has 4 rings (SSSR count). The minimum absolute atomic E-state index is 0.417. The molecule has 0 atom stereocenters. The molecule has 3 aromatic rings. The Kier molecular flexibility index (Phi) is 5.01. The van der Waals surface area contributed by atoms with Gasteiger partial charge in [-0.15, -0.1) is 0 Å². The van der Waals surface area contributed by atoms with E-state index in [1.165, 1.54) is 37.8 Å². The maximum atomic E-state index is 5.97. The maximum Gasteiger partial charge on any atom is 0.153 e. The molecule has 140 valence electrons. The number of hydrogen-bond donors (Lipinski definition) is 1. The predicted octanol–water partition coefficient (Wildman–Crippen LogP) is 2.80. The lowest BCUT2D eigenvalue weighted by Gasteiger charge is -2.35. The number of benzene rings is 1. The van der Waals surface area contributed by atoms with Crippen LogP contribution in [-0.4, -0.2) is 58.0 Å². The standard InChI is InChI=1S/C21H26N6/c1-26-10-8-17(9-11-26)27(2)13-15-4-3-5-16(12-15)18-6-7-19-20(25-18)21(22)24-14-23-19/h3-7,12,14,17H,8-11,13H2,1-2H3,(H2,22,23,24). The first kappa shape index (κ1) is 17.8. The van der Waals surface area contributed by atoms with Crippen molar-refractivity contribution in [2.75, 3.05) is 32.9 Å². The first-order valence-corrected chi connectivity index (χ1v) is 9.45. The number of nitrogen functional groups attached to an aromatic ring is 1. The number of likely N-dealkylation sites (tertiary alicyclic amines) is 1. The van der Waals surface area contributed by atoms with Crippen LogP contribution >= 0.6 is 0 Å². The number of fused-ring (bicyclic) bond motifs is 1. The van der Waals surface area contributed by atoms with Crippen LogP contribution in [0.25, 0.3) is 22.3 Å². The zero-order valence-corrected chi connectivity index (χ0v) is 16.0. The zero-order valence-electron chi connectivity index (χ0n) is 16.0. The second-order valence-corrected chi connectivity index (χ2v) is 7.47. The van der Waals surface area contributed by atoms with E-state index in [1.807, 2.05) is 12.1 Å². The van der Waals surface area contributed by atoms with Gasteiger partial charge in [0, 0.05) is 18.2 Å². The predicted molar refractivity (Wildman–Crippen MR) is 109 cm³/mol. The minimum Gasteiger partial charge on any atom is -0.382 e. The lowest BCUT2D eigenvalue weighted by molar-refractivity contribution is 0.139. The molecule has 1 saturated heterocycles. The molecule has 6 nitrogen and oxygen atoms in total. The molecule has 2 aromatic heterocycles. The highest BCUT2D eigenvalue weighted by atomic mass is 15.2. The quantitative estimate of drug-likeness (QED) is 0.769. The third-order valence-electron chi connectivity index (χ3n) is 5.48. The van der Waals surface area contributed by atoms with Crippen LogP contribution < -0.4 is 5.73 Å². The summed E-state index contributed by atoms with van der Waals surface area (Å²) in [6.45, 7) is 3.31. The summed E-state index contributed by atoms with van der Waals surface area (Å²) in [6, 6.07) is 13.2. The van der Waals surface area contributed by atoms with Gasteiger partial charge in [0.05, 0.1) is 11.2 Å². The highest BCUT2D eigenvalue weighted by molar-refractivity contribution is 5.85. The lowest BCUT2D eigenvalue weighted by Crippen LogP contribution is -2.41. The van der Waals surface area contributed by atoms with Crippen molar-refractivity contribution >= 4 is 16.9 Å². The smallest absolute Gasteiger partial charge is 0.153 e. The molecule has 1 aromatic carbocycles. The molecule has 0 spiro atoms. The largest absolute Gasteiger partial charge is 0.382 e. The molecule has 2 N–H and O–H groups in total. The van der Waals surface area contributed by atoms with Crippen molar-refractivity contribution in [3.63, 3.8) is 0 Å². The van der Waals surface area contributed by atoms with Crippen LogP contribution in [-0.2, 0) is 6.54 Å². The third kappa shape index (κ3) is 3.91. The number of anilines is 1. The number of hydrogen-bond acceptors (Lipinski definition) is 6. The number of aromatic nitrogens is 3. The normalized spacial score (nSPS) is 16.3. The Hall–Kier alpha value is -2.57. The lowest BCUT2D eigenvalue weighted by atomic mass is 10.0. The van der Waals surface area contributed by atoms with E-state index >= 15 is 0 Å². The molecular weight excluding hydrogens is 336 g/mol. The van der Waals surface area contributed by atoms with Crippen molar-refractivity contribution in [2.24, 2.45) is 0 Å². The SMILES string of the molecule is CN1CCC(N(C)Cc2cccc(-c3ccc4ncnc(N)c4n3)c2)CC1. The van der Waals surface area contributed by atoms with Gasteiger partial charge < -0.3 is 10.6 Å². The Morgan fingerprint density at radius 3 is 2.78 bits per heavy atom. The van der Waals surface area contributed by atoms with E-state index in [-0.39, 0.29) is 0 Å². The highest BCUT2D eigenvalue weighted by Crippen LogP contribution is 2.24. The Morgan fingerprint density at radius 2 is 1.96 bits per heavy atom. The highest BCUT2D eigenvalue weighted by Gasteiger charge is 2.20. The molecular formula is C21H26N6. The average Bonchev–Trinajstić information content (AvgIpc) is 2.69. The molecule has 1 aliphatic rings. The molecule has 0 bridgehead atoms. The monoisotopic (exact) mass is 362 g/mol. The molecule has 3 heterocycles. The van der Waals surface area contributed by atoms with Gasteiger partial charge in [-0.3, -0.25) is 4.90 Å². The molecule has 1 aliphatic heterocycles. The topological polar surface area (TPSA) is 71.2 Å². The van der Waals surface area contributed by atoms with Gasteiger partial charge >= 0.3 is 0 Å². The summed E-state index contributed by atoms with van der Waals surface area (Å²) in [5, 5.41) is 0. The summed E-state index contributed by atoms with van der Waals surface area (Å²) in [7, 11) is 4.43. The van der Waals surface area contributed by atoms with Crippen LogP contribution in [0.3, 0.4) is 0 Å². The van der Waals surface area contributed by atoms with Gasteiger partial charge in [0.25, 0.3) is 0 Å². The fourth-order valence-corrected chi connectivity index (χ4v) is 3.80. The number of piperidine rings is 1. The molecule has 1 fully saturated rings. The summed E-state index contributed by atoms with van der Waals surface area (Å²) in [6.07, 6.45) is 3.94. The Morgan fingerprint density at radius 1 is 1.15 bits per heavy atom. The van der Waals surface area contributed by atoms with Crippen molar-refractivity contribution in [1.29, 1.82) is 0 Å². The van der Waals surface area contributed by atoms with Gasteiger partial charge in [0.1, 0.15) is 11.8 Å². The minimum atomic E-state index is 0.417. The number of pyridine rings is 1. The van der Waals surface area contributed by atoms with E-state index in [1.54, 1.807) is 0 Å². The second-order valence-electron chi connectivity index (χ2n) is 7.47. The first-order valence-electron chi connectivity index (χ1n) is 9.45. The number of nitrogens with two attached hydrogens (primary N) is 1. The van der Waals surface area contributed by atoms with Crippen molar-refractivity contribution in [1.82, 2.24) is 24.8 Å². The number of rotatable bonds is 4. The molecule has 0 unspecified atom stereocenters. The van der Waals surface area contributed by atoms with Crippen molar-refractivity contribution in [3.8, 4) is 11.3 Å². The van der Waals surface area contributed by atoms with Gasteiger partial charge in [0.15, 0.2) is 5.82 Å². The van der Waals surface area contributed by atoms with E-state index in [2.05, 4.69) is 58.1 Å². The Bertz CT molecular complexity index is 933. The van der Waals surface area contributed by atoms with Crippen LogP contribution in [0, 0.1) is 0 Å². The fourth-order valence-electron chi connectivity index (χ4n) is 3.80. The first-order chi connectivity index (χ1) is 13.1. The van der Waals surface area contributed by atoms with Gasteiger partial charge in [-0.1, -0.05) is 18.2 Å². The zero-order chi connectivity index (χ0) is 18.8. The third-order valence-corrected chi connectivity index (χ3v) is 5.48. The van der Waals surface area contributed by atoms with Crippen molar-refractivity contribution in [3.05, 3.63) is 48.3 Å². The van der Waals surface area contributed by atoms with Gasteiger partial charge in [-0.25, -0.2) is 15.0 Å². The Balaban J connectivity index is 1.55. The molecule has 6 heteroatoms. The average molecular weight is 362 g/mol. The molecule has 0 amide bonds. The number of nitrogens with zero attached hydrogens (tertiary/aromatic N) is 5. The van der Waals surface area contributed by atoms with Crippen LogP contribution in [0.15, 0.2) is 42.7 Å². The fraction of sp³-hybridized carbons (Fsp3) is 0.381. The van der Waals surface area contributed by atoms with E-state index < -0.39 is 0 Å². The summed E-state index contributed by atoms with van der Waals surface area (Å²) < 4.78 is 0. The summed E-state index contributed by atoms with van der Waals surface area (Å²) in [5.74, 6) is 0.417. The van der Waals surface area contributed by atoms with Crippen LogP contribution in [0.1, 0.15) is 18.4 Å². The van der Waals surface area contributed by atoms with E-state index in [0.717, 1.165) is 23.3 Å². The van der Waals surface area contributed by atoms with Gasteiger partial charge in [-0.05, 0) is 63.8 Å². The maximum absolute atomic E-state index is 5.97. The molecule has 0 aliphatic carbocycles. The van der Waals surface area contributed by atoms with Crippen LogP contribution in [0.5, 0.6) is 0 Å². The summed E-state index contributed by atoms with van der Waals surface area (Å²) in [5.41, 5.74) is 10.7. The van der Waals surface area contributed by atoms with E-state index in [0.29, 0.717) is 17.4 Å². The Labute approximate surface area is 160 Å². The molecule has 0 radical (unpaired) electrons. The molecule has 27 heavy (non-hydrogen) atoms. The summed E-state index contributed by atoms with van der Waals surface area (Å²) in [4.78, 5) is 17.9. The molecule has 0 saturated carbocycles. The summed E-state index contributed by atoms with van der Waals surface area (Å²) >= 11 is 0. The van der Waals surface area contributed by atoms with Gasteiger partial charge in [0.2, 0.25) is 0 Å².